The highest BCUT2D eigenvalue weighted by Gasteiger charge is 2.32. The van der Waals surface area contributed by atoms with Crippen molar-refractivity contribution in [2.45, 2.75) is 25.6 Å². The largest absolute Gasteiger partial charge is 0.344 e. The molecule has 1 aliphatic rings. The molecule has 0 fully saturated rings. The summed E-state index contributed by atoms with van der Waals surface area (Å²) in [6.45, 7) is 1.57. The summed E-state index contributed by atoms with van der Waals surface area (Å²) in [7, 11) is 1.64. The quantitative estimate of drug-likeness (QED) is 0.587. The fourth-order valence-corrected chi connectivity index (χ4v) is 4.22. The first-order valence-corrected chi connectivity index (χ1v) is 11.3. The average Bonchev–Trinajstić information content (AvgIpc) is 3.30. The van der Waals surface area contributed by atoms with Crippen molar-refractivity contribution in [1.29, 1.82) is 0 Å². The third kappa shape index (κ3) is 4.98. The molecule has 4 rings (SSSR count). The molecule has 33 heavy (non-hydrogen) atoms. The van der Waals surface area contributed by atoms with Gasteiger partial charge >= 0.3 is 0 Å². The van der Waals surface area contributed by atoms with E-state index < -0.39 is 18.1 Å². The van der Waals surface area contributed by atoms with E-state index in [1.54, 1.807) is 32.3 Å². The van der Waals surface area contributed by atoms with Crippen LogP contribution >= 0.6 is 11.3 Å². The van der Waals surface area contributed by atoms with Crippen molar-refractivity contribution < 1.29 is 14.4 Å². The topological polar surface area (TPSA) is 104 Å². The molecule has 0 saturated heterocycles. The second kappa shape index (κ2) is 9.74. The number of aromatic nitrogens is 1. The fraction of sp³-hybridized carbons (Fsp3) is 0.208. The number of benzene rings is 1. The number of thiophene rings is 1. The van der Waals surface area contributed by atoms with Crippen molar-refractivity contribution in [2.24, 2.45) is 4.99 Å². The van der Waals surface area contributed by atoms with Gasteiger partial charge in [-0.05, 0) is 36.6 Å². The van der Waals surface area contributed by atoms with Gasteiger partial charge in [0, 0.05) is 23.7 Å². The molecular formula is C24H23N5O3S. The number of hydrogen-bond acceptors (Lipinski definition) is 6. The first-order chi connectivity index (χ1) is 15.9. The maximum Gasteiger partial charge on any atom is 0.272 e. The summed E-state index contributed by atoms with van der Waals surface area (Å²) >= 11 is 1.47. The predicted molar refractivity (Wildman–Crippen MR) is 127 cm³/mol. The Labute approximate surface area is 195 Å². The van der Waals surface area contributed by atoms with Gasteiger partial charge in [0.05, 0.1) is 23.5 Å². The molecule has 0 saturated carbocycles. The molecule has 9 heteroatoms. The monoisotopic (exact) mass is 461 g/mol. The molecular weight excluding hydrogens is 438 g/mol. The number of rotatable bonds is 6. The Morgan fingerprint density at radius 2 is 1.91 bits per heavy atom. The van der Waals surface area contributed by atoms with E-state index in [0.29, 0.717) is 17.1 Å². The van der Waals surface area contributed by atoms with Gasteiger partial charge in [-0.2, -0.15) is 0 Å². The molecule has 8 nitrogen and oxygen atoms in total. The Bertz CT molecular complexity index is 1190. The number of fused-ring (bicyclic) bond motifs is 1. The highest BCUT2D eigenvalue weighted by Crippen LogP contribution is 2.26. The second-order valence-corrected chi connectivity index (χ2v) is 8.60. The minimum absolute atomic E-state index is 0.192. The Morgan fingerprint density at radius 3 is 2.64 bits per heavy atom. The molecule has 3 aromatic rings. The van der Waals surface area contributed by atoms with Gasteiger partial charge in [-0.15, -0.1) is 11.3 Å². The summed E-state index contributed by atoms with van der Waals surface area (Å²) in [5, 5.41) is 7.25. The summed E-state index contributed by atoms with van der Waals surface area (Å²) in [6.07, 6.45) is 0.677. The Morgan fingerprint density at radius 1 is 1.12 bits per heavy atom. The molecule has 2 N–H and O–H groups in total. The molecule has 2 aromatic heterocycles. The maximum atomic E-state index is 13.2. The van der Waals surface area contributed by atoms with Crippen LogP contribution in [-0.4, -0.2) is 47.7 Å². The van der Waals surface area contributed by atoms with Gasteiger partial charge in [-0.3, -0.25) is 19.4 Å². The predicted octanol–water partition coefficient (Wildman–Crippen LogP) is 2.15. The van der Waals surface area contributed by atoms with Crippen molar-refractivity contribution in [2.75, 3.05) is 11.9 Å². The summed E-state index contributed by atoms with van der Waals surface area (Å²) in [5.74, 6) is -1.16. The smallest absolute Gasteiger partial charge is 0.272 e. The van der Waals surface area contributed by atoms with Gasteiger partial charge < -0.3 is 15.5 Å². The van der Waals surface area contributed by atoms with Gasteiger partial charge in [0.1, 0.15) is 6.04 Å². The molecule has 3 amide bonds. The molecule has 168 valence electrons. The fourth-order valence-electron chi connectivity index (χ4n) is 3.51. The minimum atomic E-state index is -1.16. The summed E-state index contributed by atoms with van der Waals surface area (Å²) in [4.78, 5) is 49.7. The van der Waals surface area contributed by atoms with E-state index in [1.807, 2.05) is 47.8 Å². The number of para-hydroxylation sites is 1. The number of pyridine rings is 1. The average molecular weight is 462 g/mol. The van der Waals surface area contributed by atoms with Crippen molar-refractivity contribution in [1.82, 2.24) is 15.6 Å². The molecule has 0 spiro atoms. The Hall–Kier alpha value is -3.85. The minimum Gasteiger partial charge on any atom is -0.344 e. The van der Waals surface area contributed by atoms with Gasteiger partial charge in [0.25, 0.3) is 5.91 Å². The van der Waals surface area contributed by atoms with E-state index in [0.717, 1.165) is 10.4 Å². The van der Waals surface area contributed by atoms with Crippen LogP contribution in [-0.2, 0) is 20.8 Å². The number of nitrogens with zero attached hydrogens (tertiary/aromatic N) is 3. The molecule has 0 bridgehead atoms. The van der Waals surface area contributed by atoms with Crippen molar-refractivity contribution in [3.05, 3.63) is 82.3 Å². The van der Waals surface area contributed by atoms with Crippen molar-refractivity contribution in [3.8, 4) is 0 Å². The highest BCUT2D eigenvalue weighted by molar-refractivity contribution is 7.10. The molecule has 0 radical (unpaired) electrons. The van der Waals surface area contributed by atoms with Crippen LogP contribution < -0.4 is 15.5 Å². The van der Waals surface area contributed by atoms with Crippen LogP contribution in [0.1, 0.15) is 23.1 Å². The van der Waals surface area contributed by atoms with E-state index in [4.69, 9.17) is 0 Å². The maximum absolute atomic E-state index is 13.2. The summed E-state index contributed by atoms with van der Waals surface area (Å²) in [5.41, 5.74) is 2.50. The van der Waals surface area contributed by atoms with Crippen LogP contribution in [0, 0.1) is 0 Å². The zero-order valence-corrected chi connectivity index (χ0v) is 19.0. The number of benzodiazepines with no additional fused rings is 1. The number of carbonyl (C=O) groups is 3. The van der Waals surface area contributed by atoms with E-state index in [9.17, 15) is 14.4 Å². The third-order valence-corrected chi connectivity index (χ3v) is 6.09. The van der Waals surface area contributed by atoms with E-state index in [-0.39, 0.29) is 18.2 Å². The lowest BCUT2D eigenvalue weighted by atomic mass is 10.0. The van der Waals surface area contributed by atoms with Crippen LogP contribution in [0.4, 0.5) is 5.69 Å². The number of amides is 3. The normalized spacial score (nSPS) is 16.3. The molecule has 2 unspecified atom stereocenters. The van der Waals surface area contributed by atoms with Crippen LogP contribution in [0.15, 0.2) is 71.2 Å². The first kappa shape index (κ1) is 22.3. The Balaban J connectivity index is 1.57. The zero-order chi connectivity index (χ0) is 23.4. The third-order valence-electron chi connectivity index (χ3n) is 5.22. The van der Waals surface area contributed by atoms with Crippen molar-refractivity contribution in [3.63, 3.8) is 0 Å². The van der Waals surface area contributed by atoms with Gasteiger partial charge in [0.15, 0.2) is 0 Å². The molecule has 0 aliphatic carbocycles. The van der Waals surface area contributed by atoms with Crippen LogP contribution in [0.2, 0.25) is 0 Å². The lowest BCUT2D eigenvalue weighted by Gasteiger charge is -2.22. The van der Waals surface area contributed by atoms with Crippen LogP contribution in [0.25, 0.3) is 0 Å². The number of nitrogens with one attached hydrogen (secondary N) is 2. The van der Waals surface area contributed by atoms with E-state index in [1.165, 1.54) is 16.2 Å². The first-order valence-electron chi connectivity index (χ1n) is 10.4. The van der Waals surface area contributed by atoms with Gasteiger partial charge in [-0.25, -0.2) is 4.99 Å². The van der Waals surface area contributed by atoms with E-state index >= 15 is 0 Å². The van der Waals surface area contributed by atoms with Gasteiger partial charge in [0.2, 0.25) is 18.0 Å². The number of carbonyl (C=O) groups excluding carboxylic acids is 3. The molecule has 3 heterocycles. The number of anilines is 1. The molecule has 2 atom stereocenters. The Kier molecular flexibility index (Phi) is 6.60. The lowest BCUT2D eigenvalue weighted by molar-refractivity contribution is -0.130. The standard InChI is InChI=1S/C24H23N5O3S/c1-15(26-20(30)14-16-8-7-13-33-16)23(31)28-22-24(32)29(2)19-11-4-3-9-17(19)21(27-22)18-10-5-6-12-25-18/h3-13,15,22H,14H2,1-2H3,(H,26,30)(H,28,31). The number of hydrogen-bond donors (Lipinski definition) is 2. The van der Waals surface area contributed by atoms with Crippen LogP contribution in [0.3, 0.4) is 0 Å². The van der Waals surface area contributed by atoms with Crippen LogP contribution in [0.5, 0.6) is 0 Å². The summed E-state index contributed by atoms with van der Waals surface area (Å²) < 4.78 is 0. The molecule has 1 aromatic carbocycles. The number of likely N-dealkylation sites (N-methyl/N-ethyl adjacent to an activating group) is 1. The van der Waals surface area contributed by atoms with E-state index in [2.05, 4.69) is 20.6 Å². The number of aliphatic imine (C=N–C) groups is 1. The highest BCUT2D eigenvalue weighted by atomic mass is 32.1. The van der Waals surface area contributed by atoms with Crippen molar-refractivity contribution >= 4 is 40.5 Å². The lowest BCUT2D eigenvalue weighted by Crippen LogP contribution is -2.52. The second-order valence-electron chi connectivity index (χ2n) is 7.56. The SMILES string of the molecule is CC(NC(=O)Cc1cccs1)C(=O)NC1N=C(c2ccccn2)c2ccccc2N(C)C1=O. The summed E-state index contributed by atoms with van der Waals surface area (Å²) in [6, 6.07) is 15.7. The molecule has 1 aliphatic heterocycles. The van der Waals surface area contributed by atoms with Gasteiger partial charge in [-0.1, -0.05) is 30.3 Å². The zero-order valence-electron chi connectivity index (χ0n) is 18.2.